The number of nitrogens with one attached hydrogen (secondary N) is 1. The van der Waals surface area contributed by atoms with Crippen LogP contribution in [0.3, 0.4) is 0 Å². The predicted octanol–water partition coefficient (Wildman–Crippen LogP) is 2.54. The van der Waals surface area contributed by atoms with Crippen LogP contribution in [0.15, 0.2) is 28.7 Å². The number of hydrogen-bond acceptors (Lipinski definition) is 4. The second-order valence-electron chi connectivity index (χ2n) is 5.72. The molecular weight excluding hydrogens is 254 g/mol. The van der Waals surface area contributed by atoms with Crippen molar-refractivity contribution in [1.29, 1.82) is 0 Å². The van der Waals surface area contributed by atoms with E-state index >= 15 is 0 Å². The normalized spacial score (nSPS) is 24.4. The Kier molecular flexibility index (Phi) is 3.54. The van der Waals surface area contributed by atoms with Gasteiger partial charge >= 0.3 is 0 Å². The quantitative estimate of drug-likeness (QED) is 0.900. The number of hydrogen-bond donors (Lipinski definition) is 2. The molecule has 2 N–H and O–H groups in total. The van der Waals surface area contributed by atoms with Crippen molar-refractivity contribution in [3.05, 3.63) is 35.6 Å². The molecule has 4 heteroatoms. The molecule has 0 aliphatic carbocycles. The molecule has 0 spiro atoms. The Labute approximate surface area is 118 Å². The zero-order valence-electron chi connectivity index (χ0n) is 12.0. The van der Waals surface area contributed by atoms with Crippen molar-refractivity contribution in [3.63, 3.8) is 0 Å². The van der Waals surface area contributed by atoms with Gasteiger partial charge in [0.2, 0.25) is 0 Å². The summed E-state index contributed by atoms with van der Waals surface area (Å²) in [5, 5.41) is 14.8. The highest BCUT2D eigenvalue weighted by atomic mass is 16.5. The van der Waals surface area contributed by atoms with Crippen LogP contribution in [0.4, 0.5) is 0 Å². The largest absolute Gasteiger partial charge is 0.459 e. The predicted molar refractivity (Wildman–Crippen MR) is 77.8 cm³/mol. The molecule has 1 aromatic carbocycles. The molecule has 4 nitrogen and oxygen atoms in total. The van der Waals surface area contributed by atoms with E-state index in [1.165, 1.54) is 0 Å². The minimum absolute atomic E-state index is 0.0621. The van der Waals surface area contributed by atoms with Crippen LogP contribution in [0, 0.1) is 6.92 Å². The van der Waals surface area contributed by atoms with Gasteiger partial charge in [-0.05, 0) is 25.5 Å². The number of furan rings is 1. The number of aryl methyl sites for hydroxylation is 1. The van der Waals surface area contributed by atoms with Crippen molar-refractivity contribution in [2.24, 2.45) is 0 Å². The van der Waals surface area contributed by atoms with E-state index in [0.29, 0.717) is 26.2 Å². The van der Waals surface area contributed by atoms with Crippen LogP contribution in [-0.2, 0) is 4.74 Å². The van der Waals surface area contributed by atoms with E-state index in [0.717, 1.165) is 22.3 Å². The first-order chi connectivity index (χ1) is 9.59. The molecule has 1 aromatic heterocycles. The standard InChI is InChI=1S/C16H21NO3/c1-11-13-5-3-4-6-14(13)20-15(11)12(2)17-9-16(18)7-8-19-10-16/h3-6,12,17-18H,7-10H2,1-2H3/t12-,16+/m0/s1. The number of rotatable bonds is 4. The van der Waals surface area contributed by atoms with Gasteiger partial charge in [-0.1, -0.05) is 18.2 Å². The summed E-state index contributed by atoms with van der Waals surface area (Å²) in [6, 6.07) is 8.11. The van der Waals surface area contributed by atoms with Crippen LogP contribution in [0.25, 0.3) is 11.0 Å². The maximum absolute atomic E-state index is 10.3. The Balaban J connectivity index is 1.75. The van der Waals surface area contributed by atoms with Gasteiger partial charge in [0.05, 0.1) is 12.6 Å². The third kappa shape index (κ3) is 2.46. The van der Waals surface area contributed by atoms with Crippen molar-refractivity contribution in [2.45, 2.75) is 31.9 Å². The van der Waals surface area contributed by atoms with Crippen LogP contribution in [0.1, 0.15) is 30.7 Å². The highest BCUT2D eigenvalue weighted by Crippen LogP contribution is 2.29. The van der Waals surface area contributed by atoms with Crippen molar-refractivity contribution in [1.82, 2.24) is 5.32 Å². The molecule has 2 aromatic rings. The van der Waals surface area contributed by atoms with Gasteiger partial charge in [-0.2, -0.15) is 0 Å². The number of fused-ring (bicyclic) bond motifs is 1. The summed E-state index contributed by atoms with van der Waals surface area (Å²) < 4.78 is 11.2. The molecule has 1 aliphatic heterocycles. The molecule has 0 saturated carbocycles. The maximum atomic E-state index is 10.3. The van der Waals surface area contributed by atoms with Gasteiger partial charge in [-0.25, -0.2) is 0 Å². The van der Waals surface area contributed by atoms with E-state index in [9.17, 15) is 5.11 Å². The lowest BCUT2D eigenvalue weighted by Crippen LogP contribution is -2.41. The van der Waals surface area contributed by atoms with E-state index in [1.807, 2.05) is 18.2 Å². The first-order valence-corrected chi connectivity index (χ1v) is 7.11. The molecule has 0 amide bonds. The van der Waals surface area contributed by atoms with Crippen LogP contribution in [-0.4, -0.2) is 30.5 Å². The summed E-state index contributed by atoms with van der Waals surface area (Å²) in [5.74, 6) is 0.939. The van der Waals surface area contributed by atoms with Gasteiger partial charge < -0.3 is 19.6 Å². The molecule has 0 bridgehead atoms. The van der Waals surface area contributed by atoms with Crippen molar-refractivity contribution >= 4 is 11.0 Å². The molecule has 1 fully saturated rings. The van der Waals surface area contributed by atoms with Crippen LogP contribution < -0.4 is 5.32 Å². The molecule has 1 aliphatic rings. The fourth-order valence-corrected chi connectivity index (χ4v) is 2.78. The molecule has 20 heavy (non-hydrogen) atoms. The van der Waals surface area contributed by atoms with Gasteiger partial charge in [0.1, 0.15) is 16.9 Å². The van der Waals surface area contributed by atoms with Crippen LogP contribution in [0.2, 0.25) is 0 Å². The lowest BCUT2D eigenvalue weighted by molar-refractivity contribution is 0.0247. The second kappa shape index (κ2) is 5.20. The van der Waals surface area contributed by atoms with Gasteiger partial charge in [0.25, 0.3) is 0 Å². The lowest BCUT2D eigenvalue weighted by Gasteiger charge is -2.23. The highest BCUT2D eigenvalue weighted by Gasteiger charge is 2.32. The topological polar surface area (TPSA) is 54.6 Å². The smallest absolute Gasteiger partial charge is 0.134 e. The fraction of sp³-hybridized carbons (Fsp3) is 0.500. The monoisotopic (exact) mass is 275 g/mol. The molecule has 2 atom stereocenters. The lowest BCUT2D eigenvalue weighted by atomic mass is 10.0. The average Bonchev–Trinajstić information content (AvgIpc) is 3.02. The van der Waals surface area contributed by atoms with Gasteiger partial charge in [-0.3, -0.25) is 0 Å². The summed E-state index contributed by atoms with van der Waals surface area (Å²) in [6.07, 6.45) is 0.686. The molecular formula is C16H21NO3. The molecule has 1 saturated heterocycles. The Morgan fingerprint density at radius 2 is 2.20 bits per heavy atom. The molecule has 0 radical (unpaired) electrons. The summed E-state index contributed by atoms with van der Waals surface area (Å²) in [7, 11) is 0. The maximum Gasteiger partial charge on any atom is 0.134 e. The molecule has 0 unspecified atom stereocenters. The SMILES string of the molecule is Cc1c([C@H](C)NC[C@]2(O)CCOC2)oc2ccccc12. The van der Waals surface area contributed by atoms with E-state index in [4.69, 9.17) is 9.15 Å². The van der Waals surface area contributed by atoms with Crippen LogP contribution >= 0.6 is 0 Å². The summed E-state index contributed by atoms with van der Waals surface area (Å²) in [5.41, 5.74) is 1.33. The Morgan fingerprint density at radius 3 is 2.90 bits per heavy atom. The molecule has 108 valence electrons. The first-order valence-electron chi connectivity index (χ1n) is 7.11. The van der Waals surface area contributed by atoms with Crippen molar-refractivity contribution in [2.75, 3.05) is 19.8 Å². The van der Waals surface area contributed by atoms with Gasteiger partial charge in [0.15, 0.2) is 0 Å². The summed E-state index contributed by atoms with van der Waals surface area (Å²) >= 11 is 0. The summed E-state index contributed by atoms with van der Waals surface area (Å²) in [4.78, 5) is 0. The number of ether oxygens (including phenoxy) is 1. The third-order valence-corrected chi connectivity index (χ3v) is 4.09. The van der Waals surface area contributed by atoms with Crippen LogP contribution in [0.5, 0.6) is 0 Å². The third-order valence-electron chi connectivity index (χ3n) is 4.09. The van der Waals surface area contributed by atoms with E-state index in [2.05, 4.69) is 25.2 Å². The Hall–Kier alpha value is -1.36. The number of aliphatic hydroxyl groups is 1. The van der Waals surface area contributed by atoms with Gasteiger partial charge in [-0.15, -0.1) is 0 Å². The Morgan fingerprint density at radius 1 is 1.40 bits per heavy atom. The minimum Gasteiger partial charge on any atom is -0.459 e. The first kappa shape index (κ1) is 13.6. The molecule has 2 heterocycles. The molecule has 3 rings (SSSR count). The van der Waals surface area contributed by atoms with E-state index < -0.39 is 5.60 Å². The minimum atomic E-state index is -0.742. The fourth-order valence-electron chi connectivity index (χ4n) is 2.78. The van der Waals surface area contributed by atoms with Gasteiger partial charge in [0, 0.05) is 25.0 Å². The van der Waals surface area contributed by atoms with Crippen molar-refractivity contribution < 1.29 is 14.3 Å². The zero-order valence-corrected chi connectivity index (χ0v) is 12.0. The highest BCUT2D eigenvalue weighted by molar-refractivity contribution is 5.82. The van der Waals surface area contributed by atoms with E-state index in [1.54, 1.807) is 0 Å². The van der Waals surface area contributed by atoms with Crippen molar-refractivity contribution in [3.8, 4) is 0 Å². The van der Waals surface area contributed by atoms with E-state index in [-0.39, 0.29) is 6.04 Å². The number of para-hydroxylation sites is 1. The number of benzene rings is 1. The Bertz CT molecular complexity index is 599. The second-order valence-corrected chi connectivity index (χ2v) is 5.72. The summed E-state index contributed by atoms with van der Waals surface area (Å²) in [6.45, 7) is 5.70. The zero-order chi connectivity index (χ0) is 14.2. The average molecular weight is 275 g/mol.